The SMILES string of the molecule is COc1ccc(O)c(C(=O)N2CC(CN)C2)c1. The second kappa shape index (κ2) is 4.63. The minimum Gasteiger partial charge on any atom is -0.507 e. The first-order valence-electron chi connectivity index (χ1n) is 5.52. The molecule has 0 aromatic heterocycles. The fraction of sp³-hybridized carbons (Fsp3) is 0.417. The molecule has 1 aliphatic heterocycles. The summed E-state index contributed by atoms with van der Waals surface area (Å²) in [5.41, 5.74) is 5.78. The molecule has 0 radical (unpaired) electrons. The number of benzene rings is 1. The highest BCUT2D eigenvalue weighted by molar-refractivity contribution is 5.97. The maximum absolute atomic E-state index is 12.0. The van der Waals surface area contributed by atoms with Crippen molar-refractivity contribution in [3.8, 4) is 11.5 Å². The number of hydrogen-bond donors (Lipinski definition) is 2. The summed E-state index contributed by atoms with van der Waals surface area (Å²) in [4.78, 5) is 13.7. The number of carbonyl (C=O) groups excluding carboxylic acids is 1. The predicted octanol–water partition coefficient (Wildman–Crippen LogP) is 0.431. The van der Waals surface area contributed by atoms with Crippen LogP contribution in [-0.2, 0) is 0 Å². The lowest BCUT2D eigenvalue weighted by Crippen LogP contribution is -2.52. The first-order valence-corrected chi connectivity index (χ1v) is 5.52. The van der Waals surface area contributed by atoms with Crippen LogP contribution in [0.5, 0.6) is 11.5 Å². The zero-order valence-corrected chi connectivity index (χ0v) is 9.72. The van der Waals surface area contributed by atoms with E-state index in [-0.39, 0.29) is 17.2 Å². The molecule has 1 saturated heterocycles. The van der Waals surface area contributed by atoms with Gasteiger partial charge in [0.2, 0.25) is 0 Å². The topological polar surface area (TPSA) is 75.8 Å². The quantitative estimate of drug-likeness (QED) is 0.798. The molecular weight excluding hydrogens is 220 g/mol. The van der Waals surface area contributed by atoms with E-state index < -0.39 is 0 Å². The first kappa shape index (κ1) is 11.7. The Morgan fingerprint density at radius 2 is 2.29 bits per heavy atom. The molecule has 0 aliphatic carbocycles. The summed E-state index contributed by atoms with van der Waals surface area (Å²) in [7, 11) is 1.52. The van der Waals surface area contributed by atoms with Crippen LogP contribution in [0.25, 0.3) is 0 Å². The van der Waals surface area contributed by atoms with Gasteiger partial charge in [-0.15, -0.1) is 0 Å². The lowest BCUT2D eigenvalue weighted by Gasteiger charge is -2.38. The van der Waals surface area contributed by atoms with Gasteiger partial charge in [0, 0.05) is 19.0 Å². The normalized spacial score (nSPS) is 15.5. The van der Waals surface area contributed by atoms with Gasteiger partial charge in [0.1, 0.15) is 11.5 Å². The van der Waals surface area contributed by atoms with Crippen LogP contribution >= 0.6 is 0 Å². The number of ether oxygens (including phenoxy) is 1. The van der Waals surface area contributed by atoms with Gasteiger partial charge in [-0.1, -0.05) is 0 Å². The van der Waals surface area contributed by atoms with Crippen LogP contribution in [0.4, 0.5) is 0 Å². The Morgan fingerprint density at radius 1 is 1.59 bits per heavy atom. The molecule has 2 rings (SSSR count). The number of nitrogens with zero attached hydrogens (tertiary/aromatic N) is 1. The van der Waals surface area contributed by atoms with Gasteiger partial charge in [-0.05, 0) is 24.7 Å². The van der Waals surface area contributed by atoms with Gasteiger partial charge in [0.15, 0.2) is 0 Å². The fourth-order valence-corrected chi connectivity index (χ4v) is 1.87. The van der Waals surface area contributed by atoms with Gasteiger partial charge < -0.3 is 20.5 Å². The van der Waals surface area contributed by atoms with E-state index in [0.717, 1.165) is 0 Å². The van der Waals surface area contributed by atoms with E-state index in [2.05, 4.69) is 0 Å². The first-order chi connectivity index (χ1) is 8.15. The standard InChI is InChI=1S/C12H16N2O3/c1-17-9-2-3-11(15)10(4-9)12(16)14-6-8(5-13)7-14/h2-4,8,15H,5-7,13H2,1H3. The highest BCUT2D eigenvalue weighted by Gasteiger charge is 2.31. The van der Waals surface area contributed by atoms with E-state index in [9.17, 15) is 9.90 Å². The number of amides is 1. The number of methoxy groups -OCH3 is 1. The Balaban J connectivity index is 2.14. The number of phenolic OH excluding ortho intramolecular Hbond substituents is 1. The average Bonchev–Trinajstić information content (AvgIpc) is 2.28. The third kappa shape index (κ3) is 2.19. The molecule has 1 aromatic rings. The summed E-state index contributed by atoms with van der Waals surface area (Å²) in [6.07, 6.45) is 0. The van der Waals surface area contributed by atoms with E-state index in [1.54, 1.807) is 17.0 Å². The smallest absolute Gasteiger partial charge is 0.257 e. The van der Waals surface area contributed by atoms with E-state index in [1.807, 2.05) is 0 Å². The van der Waals surface area contributed by atoms with Crippen molar-refractivity contribution >= 4 is 5.91 Å². The van der Waals surface area contributed by atoms with E-state index in [4.69, 9.17) is 10.5 Å². The van der Waals surface area contributed by atoms with E-state index in [0.29, 0.717) is 31.3 Å². The molecule has 0 spiro atoms. The number of nitrogens with two attached hydrogens (primary N) is 1. The molecule has 5 nitrogen and oxygen atoms in total. The highest BCUT2D eigenvalue weighted by atomic mass is 16.5. The minimum atomic E-state index is -0.175. The van der Waals surface area contributed by atoms with Crippen molar-refractivity contribution in [2.45, 2.75) is 0 Å². The Bertz CT molecular complexity index is 428. The van der Waals surface area contributed by atoms with Crippen molar-refractivity contribution in [1.29, 1.82) is 0 Å². The predicted molar refractivity (Wildman–Crippen MR) is 63.1 cm³/mol. The van der Waals surface area contributed by atoms with Crippen LogP contribution < -0.4 is 10.5 Å². The Labute approximate surface area is 99.8 Å². The molecule has 5 heteroatoms. The van der Waals surface area contributed by atoms with Gasteiger partial charge in [-0.2, -0.15) is 0 Å². The second-order valence-electron chi connectivity index (χ2n) is 4.19. The zero-order chi connectivity index (χ0) is 12.4. The Hall–Kier alpha value is -1.75. The molecule has 1 aromatic carbocycles. The molecule has 92 valence electrons. The minimum absolute atomic E-state index is 0.0213. The van der Waals surface area contributed by atoms with Crippen molar-refractivity contribution in [2.24, 2.45) is 11.7 Å². The number of rotatable bonds is 3. The summed E-state index contributed by atoms with van der Waals surface area (Å²) in [5.74, 6) is 0.742. The zero-order valence-electron chi connectivity index (χ0n) is 9.72. The lowest BCUT2D eigenvalue weighted by molar-refractivity contribution is 0.0512. The third-order valence-corrected chi connectivity index (χ3v) is 3.01. The molecule has 1 aliphatic rings. The Morgan fingerprint density at radius 3 is 2.88 bits per heavy atom. The van der Waals surface area contributed by atoms with Gasteiger partial charge in [-0.3, -0.25) is 4.79 Å². The summed E-state index contributed by atoms with van der Waals surface area (Å²) >= 11 is 0. The van der Waals surface area contributed by atoms with Gasteiger partial charge in [-0.25, -0.2) is 0 Å². The number of hydrogen-bond acceptors (Lipinski definition) is 4. The summed E-state index contributed by atoms with van der Waals surface area (Å²) in [6.45, 7) is 1.91. The summed E-state index contributed by atoms with van der Waals surface area (Å²) < 4.78 is 5.03. The molecular formula is C12H16N2O3. The average molecular weight is 236 g/mol. The number of carbonyl (C=O) groups is 1. The van der Waals surface area contributed by atoms with Crippen molar-refractivity contribution in [1.82, 2.24) is 4.90 Å². The Kier molecular flexibility index (Phi) is 3.19. The maximum Gasteiger partial charge on any atom is 0.257 e. The van der Waals surface area contributed by atoms with Crippen molar-refractivity contribution in [3.05, 3.63) is 23.8 Å². The molecule has 17 heavy (non-hydrogen) atoms. The van der Waals surface area contributed by atoms with E-state index >= 15 is 0 Å². The van der Waals surface area contributed by atoms with Crippen molar-refractivity contribution in [3.63, 3.8) is 0 Å². The van der Waals surface area contributed by atoms with Crippen LogP contribution in [0.2, 0.25) is 0 Å². The van der Waals surface area contributed by atoms with Crippen molar-refractivity contribution in [2.75, 3.05) is 26.7 Å². The molecule has 1 amide bonds. The number of likely N-dealkylation sites (tertiary alicyclic amines) is 1. The molecule has 1 heterocycles. The third-order valence-electron chi connectivity index (χ3n) is 3.01. The van der Waals surface area contributed by atoms with Gasteiger partial charge >= 0.3 is 0 Å². The molecule has 3 N–H and O–H groups in total. The maximum atomic E-state index is 12.0. The van der Waals surface area contributed by atoms with E-state index in [1.165, 1.54) is 13.2 Å². The molecule has 0 atom stereocenters. The summed E-state index contributed by atoms with van der Waals surface area (Å²) in [5, 5.41) is 9.66. The summed E-state index contributed by atoms with van der Waals surface area (Å²) in [6, 6.07) is 4.63. The van der Waals surface area contributed by atoms with Gasteiger partial charge in [0.25, 0.3) is 5.91 Å². The van der Waals surface area contributed by atoms with Crippen LogP contribution in [-0.4, -0.2) is 42.7 Å². The van der Waals surface area contributed by atoms with Crippen LogP contribution in [0, 0.1) is 5.92 Å². The highest BCUT2D eigenvalue weighted by Crippen LogP contribution is 2.26. The number of phenols is 1. The molecule has 0 unspecified atom stereocenters. The van der Waals surface area contributed by atoms with Crippen LogP contribution in [0.15, 0.2) is 18.2 Å². The fourth-order valence-electron chi connectivity index (χ4n) is 1.87. The molecule has 0 saturated carbocycles. The molecule has 1 fully saturated rings. The number of aromatic hydroxyl groups is 1. The molecule has 0 bridgehead atoms. The van der Waals surface area contributed by atoms with Crippen molar-refractivity contribution < 1.29 is 14.6 Å². The monoisotopic (exact) mass is 236 g/mol. The van der Waals surface area contributed by atoms with Crippen LogP contribution in [0.3, 0.4) is 0 Å². The lowest BCUT2D eigenvalue weighted by atomic mass is 9.99. The van der Waals surface area contributed by atoms with Gasteiger partial charge in [0.05, 0.1) is 12.7 Å². The van der Waals surface area contributed by atoms with Crippen LogP contribution in [0.1, 0.15) is 10.4 Å². The second-order valence-corrected chi connectivity index (χ2v) is 4.19. The largest absolute Gasteiger partial charge is 0.507 e.